The minimum absolute atomic E-state index is 0.168. The van der Waals surface area contributed by atoms with E-state index in [4.69, 9.17) is 0 Å². The molecule has 1 aromatic carbocycles. The molecule has 80 valence electrons. The second kappa shape index (κ2) is 6.53. The minimum atomic E-state index is -0.356. The molecule has 0 aliphatic heterocycles. The van der Waals surface area contributed by atoms with Gasteiger partial charge in [-0.1, -0.05) is 24.3 Å². The van der Waals surface area contributed by atoms with Gasteiger partial charge in [-0.05, 0) is 6.07 Å². The summed E-state index contributed by atoms with van der Waals surface area (Å²) < 4.78 is 0. The van der Waals surface area contributed by atoms with Crippen molar-refractivity contribution in [2.75, 3.05) is 11.5 Å². The first-order valence-corrected chi connectivity index (χ1v) is 5.99. The predicted molar refractivity (Wildman–Crippen MR) is 66.8 cm³/mol. The number of thioether (sulfide) groups is 1. The highest BCUT2D eigenvalue weighted by Crippen LogP contribution is 2.28. The smallest absolute Gasteiger partial charge is 0.258 e. The van der Waals surface area contributed by atoms with Crippen LogP contribution < -0.4 is 0 Å². The Bertz CT molecular complexity index is 366. The Hall–Kier alpha value is -0.940. The van der Waals surface area contributed by atoms with Gasteiger partial charge in [-0.15, -0.1) is 11.8 Å². The lowest BCUT2D eigenvalue weighted by molar-refractivity contribution is -0.387. The maximum absolute atomic E-state index is 10.7. The number of thiol groups is 1. The van der Waals surface area contributed by atoms with E-state index in [9.17, 15) is 10.1 Å². The number of hydrogen-bond donors (Lipinski definition) is 1. The molecular formula is C10H11NO2S2. The van der Waals surface area contributed by atoms with Crippen molar-refractivity contribution in [2.45, 2.75) is 4.90 Å². The van der Waals surface area contributed by atoms with Crippen LogP contribution in [-0.4, -0.2) is 16.4 Å². The molecule has 0 atom stereocenters. The Balaban J connectivity index is 2.67. The summed E-state index contributed by atoms with van der Waals surface area (Å²) in [6, 6.07) is 6.76. The lowest BCUT2D eigenvalue weighted by atomic mass is 10.3. The third kappa shape index (κ3) is 3.97. The van der Waals surface area contributed by atoms with E-state index in [-0.39, 0.29) is 10.6 Å². The average Bonchev–Trinajstić information content (AvgIpc) is 2.25. The Morgan fingerprint density at radius 1 is 1.40 bits per heavy atom. The van der Waals surface area contributed by atoms with Crippen molar-refractivity contribution in [1.29, 1.82) is 0 Å². The summed E-state index contributed by atoms with van der Waals surface area (Å²) in [7, 11) is 0. The highest BCUT2D eigenvalue weighted by Gasteiger charge is 2.11. The molecule has 3 nitrogen and oxygen atoms in total. The van der Waals surface area contributed by atoms with E-state index in [0.717, 1.165) is 5.75 Å². The lowest BCUT2D eigenvalue weighted by Crippen LogP contribution is -1.90. The van der Waals surface area contributed by atoms with E-state index in [1.807, 2.05) is 12.2 Å². The van der Waals surface area contributed by atoms with Gasteiger partial charge in [0.15, 0.2) is 0 Å². The van der Waals surface area contributed by atoms with Gasteiger partial charge in [0.25, 0.3) is 5.69 Å². The Kier molecular flexibility index (Phi) is 5.28. The summed E-state index contributed by atoms with van der Waals surface area (Å²) in [6.07, 6.45) is 3.87. The van der Waals surface area contributed by atoms with Crippen LogP contribution in [0.1, 0.15) is 0 Å². The van der Waals surface area contributed by atoms with Crippen LogP contribution in [0.15, 0.2) is 41.3 Å². The van der Waals surface area contributed by atoms with Crippen LogP contribution in [0.3, 0.4) is 0 Å². The van der Waals surface area contributed by atoms with Gasteiger partial charge in [0.2, 0.25) is 0 Å². The van der Waals surface area contributed by atoms with Crippen molar-refractivity contribution in [1.82, 2.24) is 0 Å². The van der Waals surface area contributed by atoms with Crippen LogP contribution in [0, 0.1) is 10.1 Å². The van der Waals surface area contributed by atoms with Crippen LogP contribution in [0.25, 0.3) is 0 Å². The summed E-state index contributed by atoms with van der Waals surface area (Å²) >= 11 is 5.48. The summed E-state index contributed by atoms with van der Waals surface area (Å²) in [5.41, 5.74) is 0.168. The summed E-state index contributed by atoms with van der Waals surface area (Å²) in [6.45, 7) is 0. The van der Waals surface area contributed by atoms with Crippen LogP contribution in [0.4, 0.5) is 5.69 Å². The first-order chi connectivity index (χ1) is 7.25. The predicted octanol–water partition coefficient (Wildman–Crippen LogP) is 3.17. The van der Waals surface area contributed by atoms with E-state index >= 15 is 0 Å². The fourth-order valence-corrected chi connectivity index (χ4v) is 2.04. The van der Waals surface area contributed by atoms with E-state index < -0.39 is 0 Å². The van der Waals surface area contributed by atoms with Gasteiger partial charge in [0, 0.05) is 17.6 Å². The molecule has 0 bridgehead atoms. The zero-order valence-electron chi connectivity index (χ0n) is 8.00. The molecule has 0 N–H and O–H groups in total. The van der Waals surface area contributed by atoms with Gasteiger partial charge in [0.1, 0.15) is 0 Å². The van der Waals surface area contributed by atoms with Crippen molar-refractivity contribution in [3.8, 4) is 0 Å². The number of para-hydroxylation sites is 1. The van der Waals surface area contributed by atoms with Crippen molar-refractivity contribution >= 4 is 30.1 Å². The highest BCUT2D eigenvalue weighted by atomic mass is 32.2. The van der Waals surface area contributed by atoms with Crippen LogP contribution >= 0.6 is 24.4 Å². The SMILES string of the molecule is O=[N+]([O-])c1ccccc1SCC=CCS. The van der Waals surface area contributed by atoms with E-state index in [1.165, 1.54) is 17.8 Å². The third-order valence-corrected chi connectivity index (χ3v) is 2.90. The Morgan fingerprint density at radius 3 is 2.80 bits per heavy atom. The molecule has 15 heavy (non-hydrogen) atoms. The van der Waals surface area contributed by atoms with Crippen LogP contribution in [0.2, 0.25) is 0 Å². The molecule has 0 spiro atoms. The maximum atomic E-state index is 10.7. The normalized spacial score (nSPS) is 10.7. The number of rotatable bonds is 5. The molecule has 0 fully saturated rings. The number of nitrogens with zero attached hydrogens (tertiary/aromatic N) is 1. The van der Waals surface area contributed by atoms with E-state index in [1.54, 1.807) is 18.2 Å². The number of hydrogen-bond acceptors (Lipinski definition) is 4. The maximum Gasteiger partial charge on any atom is 0.282 e. The molecule has 0 radical (unpaired) electrons. The van der Waals surface area contributed by atoms with Crippen molar-refractivity contribution in [3.05, 3.63) is 46.5 Å². The minimum Gasteiger partial charge on any atom is -0.258 e. The molecule has 1 aromatic rings. The van der Waals surface area contributed by atoms with Crippen molar-refractivity contribution in [3.63, 3.8) is 0 Å². The van der Waals surface area contributed by atoms with Crippen LogP contribution in [0.5, 0.6) is 0 Å². The standard InChI is InChI=1S/C10H11NO2S2/c12-11(13)9-5-1-2-6-10(9)15-8-4-3-7-14/h1-6,14H,7-8H2. The number of nitro benzene ring substituents is 1. The largest absolute Gasteiger partial charge is 0.282 e. The number of benzene rings is 1. The topological polar surface area (TPSA) is 43.1 Å². The molecule has 0 saturated carbocycles. The third-order valence-electron chi connectivity index (χ3n) is 1.67. The zero-order chi connectivity index (χ0) is 11.1. The van der Waals surface area contributed by atoms with Gasteiger partial charge in [0.05, 0.1) is 9.82 Å². The monoisotopic (exact) mass is 241 g/mol. The van der Waals surface area contributed by atoms with Gasteiger partial charge in [-0.3, -0.25) is 10.1 Å². The molecular weight excluding hydrogens is 230 g/mol. The van der Waals surface area contributed by atoms with Gasteiger partial charge in [-0.2, -0.15) is 12.6 Å². The first kappa shape index (κ1) is 12.1. The Morgan fingerprint density at radius 2 is 2.13 bits per heavy atom. The summed E-state index contributed by atoms with van der Waals surface area (Å²) in [4.78, 5) is 11.0. The molecule has 0 saturated heterocycles. The van der Waals surface area contributed by atoms with Gasteiger partial charge < -0.3 is 0 Å². The van der Waals surface area contributed by atoms with Gasteiger partial charge >= 0.3 is 0 Å². The first-order valence-electron chi connectivity index (χ1n) is 4.37. The van der Waals surface area contributed by atoms with Crippen molar-refractivity contribution in [2.24, 2.45) is 0 Å². The fraction of sp³-hybridized carbons (Fsp3) is 0.200. The molecule has 0 aromatic heterocycles. The summed E-state index contributed by atoms with van der Waals surface area (Å²) in [5, 5.41) is 10.7. The molecule has 1 rings (SSSR count). The Labute approximate surface area is 98.1 Å². The second-order valence-corrected chi connectivity index (χ2v) is 4.12. The molecule has 0 unspecified atom stereocenters. The lowest BCUT2D eigenvalue weighted by Gasteiger charge is -1.99. The summed E-state index contributed by atoms with van der Waals surface area (Å²) in [5.74, 6) is 1.42. The van der Waals surface area contributed by atoms with Gasteiger partial charge in [-0.25, -0.2) is 0 Å². The molecule has 0 heterocycles. The molecule has 0 aliphatic rings. The fourth-order valence-electron chi connectivity index (χ4n) is 1.01. The zero-order valence-corrected chi connectivity index (χ0v) is 9.71. The highest BCUT2D eigenvalue weighted by molar-refractivity contribution is 7.99. The molecule has 5 heteroatoms. The van der Waals surface area contributed by atoms with Crippen molar-refractivity contribution < 1.29 is 4.92 Å². The molecule has 0 amide bonds. The second-order valence-electron chi connectivity index (χ2n) is 2.69. The average molecular weight is 241 g/mol. The van der Waals surface area contributed by atoms with Crippen LogP contribution in [-0.2, 0) is 0 Å². The number of nitro groups is 1. The molecule has 0 aliphatic carbocycles. The quantitative estimate of drug-likeness (QED) is 0.283. The van der Waals surface area contributed by atoms with E-state index in [2.05, 4.69) is 12.6 Å². The van der Waals surface area contributed by atoms with E-state index in [0.29, 0.717) is 10.6 Å².